The van der Waals surface area contributed by atoms with Crippen molar-refractivity contribution in [3.8, 4) is 11.5 Å². The minimum Gasteiger partial charge on any atom is -0.457 e. The van der Waals surface area contributed by atoms with Crippen LogP contribution < -0.4 is 15.8 Å². The van der Waals surface area contributed by atoms with Gasteiger partial charge in [0.1, 0.15) is 11.5 Å². The Morgan fingerprint density at radius 2 is 1.89 bits per heavy atom. The summed E-state index contributed by atoms with van der Waals surface area (Å²) >= 11 is 3.36. The zero-order valence-corrected chi connectivity index (χ0v) is 11.7. The molecule has 0 bridgehead atoms. The van der Waals surface area contributed by atoms with Gasteiger partial charge in [-0.2, -0.15) is 0 Å². The van der Waals surface area contributed by atoms with E-state index in [0.717, 1.165) is 10.2 Å². The number of ether oxygens (including phenoxy) is 1. The molecule has 2 rings (SSSR count). The maximum Gasteiger partial charge on any atom is 0.238 e. The highest BCUT2D eigenvalue weighted by Gasteiger charge is 2.02. The Balaban J connectivity index is 2.10. The Kier molecular flexibility index (Phi) is 4.54. The largest absolute Gasteiger partial charge is 0.457 e. The molecule has 3 N–H and O–H groups in total. The lowest BCUT2D eigenvalue weighted by molar-refractivity contribution is -0.114. The lowest BCUT2D eigenvalue weighted by Crippen LogP contribution is -2.21. The Hall–Kier alpha value is -1.85. The molecule has 0 aliphatic carbocycles. The number of hydrogen-bond donors (Lipinski definition) is 2. The molecule has 4 nitrogen and oxygen atoms in total. The fourth-order valence-corrected chi connectivity index (χ4v) is 1.75. The normalized spacial score (nSPS) is 10.0. The fraction of sp³-hybridized carbons (Fsp3) is 0.0714. The number of nitrogens with two attached hydrogens (primary N) is 1. The third-order valence-corrected chi connectivity index (χ3v) is 2.88. The molecule has 0 unspecified atom stereocenters. The van der Waals surface area contributed by atoms with Crippen LogP contribution in [0.1, 0.15) is 0 Å². The topological polar surface area (TPSA) is 64.4 Å². The van der Waals surface area contributed by atoms with Crippen LogP contribution >= 0.6 is 15.9 Å². The van der Waals surface area contributed by atoms with Gasteiger partial charge in [0.2, 0.25) is 5.91 Å². The van der Waals surface area contributed by atoms with Gasteiger partial charge >= 0.3 is 0 Å². The summed E-state index contributed by atoms with van der Waals surface area (Å²) in [6, 6.07) is 14.7. The first-order chi connectivity index (χ1) is 9.17. The Bertz CT molecular complexity index is 570. The lowest BCUT2D eigenvalue weighted by Gasteiger charge is -2.08. The van der Waals surface area contributed by atoms with Crippen LogP contribution in [0.2, 0.25) is 0 Å². The van der Waals surface area contributed by atoms with Gasteiger partial charge in [-0.25, -0.2) is 0 Å². The highest BCUT2D eigenvalue weighted by Crippen LogP contribution is 2.25. The molecular weight excluding hydrogens is 308 g/mol. The van der Waals surface area contributed by atoms with Gasteiger partial charge in [0.25, 0.3) is 0 Å². The molecule has 0 radical (unpaired) electrons. The van der Waals surface area contributed by atoms with E-state index < -0.39 is 0 Å². The number of carbonyl (C=O) groups is 1. The van der Waals surface area contributed by atoms with E-state index in [1.54, 1.807) is 18.2 Å². The molecule has 0 saturated heterocycles. The van der Waals surface area contributed by atoms with Crippen molar-refractivity contribution >= 4 is 27.5 Å². The first-order valence-corrected chi connectivity index (χ1v) is 6.50. The second kappa shape index (κ2) is 6.36. The number of benzene rings is 2. The van der Waals surface area contributed by atoms with E-state index in [2.05, 4.69) is 21.2 Å². The predicted octanol–water partition coefficient (Wildman–Crippen LogP) is 3.14. The van der Waals surface area contributed by atoms with Crippen molar-refractivity contribution in [2.45, 2.75) is 0 Å². The van der Waals surface area contributed by atoms with E-state index in [4.69, 9.17) is 10.5 Å². The minimum atomic E-state index is -0.235. The van der Waals surface area contributed by atoms with Gasteiger partial charge in [0.15, 0.2) is 0 Å². The SMILES string of the molecule is NCC(=O)Nc1cccc(Oc2ccc(Br)cc2)c1. The van der Waals surface area contributed by atoms with Crippen molar-refractivity contribution < 1.29 is 9.53 Å². The first kappa shape index (κ1) is 13.6. The van der Waals surface area contributed by atoms with Crippen molar-refractivity contribution in [1.82, 2.24) is 0 Å². The van der Waals surface area contributed by atoms with Gasteiger partial charge in [0.05, 0.1) is 6.54 Å². The molecule has 0 saturated carbocycles. The molecule has 0 atom stereocenters. The number of rotatable bonds is 4. The monoisotopic (exact) mass is 320 g/mol. The molecule has 0 aliphatic rings. The van der Waals surface area contributed by atoms with Gasteiger partial charge in [-0.1, -0.05) is 22.0 Å². The van der Waals surface area contributed by atoms with Crippen LogP contribution in [0.4, 0.5) is 5.69 Å². The molecule has 5 heteroatoms. The summed E-state index contributed by atoms with van der Waals surface area (Å²) in [7, 11) is 0. The van der Waals surface area contributed by atoms with E-state index in [9.17, 15) is 4.79 Å². The Morgan fingerprint density at radius 3 is 2.58 bits per heavy atom. The van der Waals surface area contributed by atoms with Gasteiger partial charge in [0, 0.05) is 16.2 Å². The molecule has 2 aromatic carbocycles. The van der Waals surface area contributed by atoms with E-state index >= 15 is 0 Å². The molecule has 0 fully saturated rings. The summed E-state index contributed by atoms with van der Waals surface area (Å²) in [5.41, 5.74) is 5.91. The molecule has 0 heterocycles. The van der Waals surface area contributed by atoms with E-state index in [1.807, 2.05) is 30.3 Å². The average Bonchev–Trinajstić information content (AvgIpc) is 2.42. The standard InChI is InChI=1S/C14H13BrN2O2/c15-10-4-6-12(7-5-10)19-13-3-1-2-11(8-13)17-14(18)9-16/h1-8H,9,16H2,(H,17,18). The average molecular weight is 321 g/mol. The molecule has 0 spiro atoms. The number of carbonyl (C=O) groups excluding carboxylic acids is 1. The number of amides is 1. The van der Waals surface area contributed by atoms with Crippen molar-refractivity contribution in [3.63, 3.8) is 0 Å². The van der Waals surface area contributed by atoms with Crippen LogP contribution in [0.5, 0.6) is 11.5 Å². The van der Waals surface area contributed by atoms with Crippen molar-refractivity contribution in [1.29, 1.82) is 0 Å². The third kappa shape index (κ3) is 4.08. The second-order valence-electron chi connectivity index (χ2n) is 3.84. The third-order valence-electron chi connectivity index (χ3n) is 2.35. The molecule has 0 aliphatic heterocycles. The second-order valence-corrected chi connectivity index (χ2v) is 4.75. The zero-order chi connectivity index (χ0) is 13.7. The highest BCUT2D eigenvalue weighted by molar-refractivity contribution is 9.10. The maximum absolute atomic E-state index is 11.2. The fourth-order valence-electron chi connectivity index (χ4n) is 1.49. The number of anilines is 1. The minimum absolute atomic E-state index is 0.0439. The zero-order valence-electron chi connectivity index (χ0n) is 10.1. The molecule has 0 aromatic heterocycles. The highest BCUT2D eigenvalue weighted by atomic mass is 79.9. The summed E-state index contributed by atoms with van der Waals surface area (Å²) in [6.45, 7) is -0.0439. The van der Waals surface area contributed by atoms with Gasteiger partial charge in [-0.15, -0.1) is 0 Å². The number of nitrogens with one attached hydrogen (secondary N) is 1. The van der Waals surface area contributed by atoms with Gasteiger partial charge < -0.3 is 15.8 Å². The molecule has 2 aromatic rings. The van der Waals surface area contributed by atoms with Crippen LogP contribution in [0.3, 0.4) is 0 Å². The summed E-state index contributed by atoms with van der Waals surface area (Å²) in [6.07, 6.45) is 0. The Labute approximate surface area is 119 Å². The summed E-state index contributed by atoms with van der Waals surface area (Å²) in [4.78, 5) is 11.2. The predicted molar refractivity (Wildman–Crippen MR) is 78.3 cm³/mol. The van der Waals surface area contributed by atoms with Crippen LogP contribution in [0.25, 0.3) is 0 Å². The van der Waals surface area contributed by atoms with Crippen LogP contribution in [0.15, 0.2) is 53.0 Å². The maximum atomic E-state index is 11.2. The summed E-state index contributed by atoms with van der Waals surface area (Å²) in [5.74, 6) is 1.14. The smallest absolute Gasteiger partial charge is 0.238 e. The van der Waals surface area contributed by atoms with Gasteiger partial charge in [-0.3, -0.25) is 4.79 Å². The lowest BCUT2D eigenvalue weighted by atomic mass is 10.3. The quantitative estimate of drug-likeness (QED) is 0.909. The van der Waals surface area contributed by atoms with E-state index in [0.29, 0.717) is 11.4 Å². The Morgan fingerprint density at radius 1 is 1.16 bits per heavy atom. The van der Waals surface area contributed by atoms with Crippen LogP contribution in [-0.4, -0.2) is 12.5 Å². The number of halogens is 1. The first-order valence-electron chi connectivity index (χ1n) is 5.71. The molecule has 19 heavy (non-hydrogen) atoms. The van der Waals surface area contributed by atoms with Crippen LogP contribution in [0, 0.1) is 0 Å². The number of hydrogen-bond acceptors (Lipinski definition) is 3. The van der Waals surface area contributed by atoms with E-state index in [-0.39, 0.29) is 12.5 Å². The van der Waals surface area contributed by atoms with E-state index in [1.165, 1.54) is 0 Å². The van der Waals surface area contributed by atoms with Crippen molar-refractivity contribution in [2.75, 3.05) is 11.9 Å². The molecular formula is C14H13BrN2O2. The van der Waals surface area contributed by atoms with Crippen LogP contribution in [-0.2, 0) is 4.79 Å². The molecule has 98 valence electrons. The van der Waals surface area contributed by atoms with Crippen molar-refractivity contribution in [3.05, 3.63) is 53.0 Å². The van der Waals surface area contributed by atoms with Crippen molar-refractivity contribution in [2.24, 2.45) is 5.73 Å². The molecule has 1 amide bonds. The summed E-state index contributed by atoms with van der Waals surface area (Å²) < 4.78 is 6.68. The summed E-state index contributed by atoms with van der Waals surface area (Å²) in [5, 5.41) is 2.68. The van der Waals surface area contributed by atoms with Gasteiger partial charge in [-0.05, 0) is 36.4 Å².